The molecule has 1 aliphatic rings. The van der Waals surface area contributed by atoms with Crippen molar-refractivity contribution < 1.29 is 36.2 Å². The van der Waals surface area contributed by atoms with Crippen LogP contribution in [0.4, 0.5) is 27.6 Å². The van der Waals surface area contributed by atoms with Crippen molar-refractivity contribution in [2.24, 2.45) is 0 Å². The van der Waals surface area contributed by atoms with Gasteiger partial charge < -0.3 is 15.2 Å². The van der Waals surface area contributed by atoms with Gasteiger partial charge in [0.15, 0.2) is 0 Å². The molecule has 0 heterocycles. The van der Waals surface area contributed by atoms with E-state index in [1.807, 2.05) is 0 Å². The molecule has 2 N–H and O–H groups in total. The molecule has 4 rings (SSSR count). The third-order valence-electron chi connectivity index (χ3n) is 6.17. The molecule has 0 amide bonds. The molecule has 0 aromatic heterocycles. The highest BCUT2D eigenvalue weighted by Crippen LogP contribution is 2.46. The zero-order chi connectivity index (χ0) is 26.7. The molecule has 3 aromatic rings. The number of carbonyl (C=O) groups excluding carboxylic acids is 1. The summed E-state index contributed by atoms with van der Waals surface area (Å²) in [4.78, 5) is 12.3. The average Bonchev–Trinajstić information content (AvgIpc) is 3.32. The van der Waals surface area contributed by atoms with E-state index in [4.69, 9.17) is 15.2 Å². The van der Waals surface area contributed by atoms with E-state index in [2.05, 4.69) is 0 Å². The summed E-state index contributed by atoms with van der Waals surface area (Å²) in [6, 6.07) is 11.0. The van der Waals surface area contributed by atoms with Crippen molar-refractivity contribution in [2.45, 2.75) is 39.0 Å². The van der Waals surface area contributed by atoms with Gasteiger partial charge in [-0.2, -0.15) is 13.2 Å². The Hall–Kier alpha value is -3.88. The van der Waals surface area contributed by atoms with Gasteiger partial charge in [0.25, 0.3) is 0 Å². The Morgan fingerprint density at radius 2 is 1.70 bits per heavy atom. The number of esters is 1. The van der Waals surface area contributed by atoms with Crippen molar-refractivity contribution in [2.75, 3.05) is 12.3 Å². The number of nitrogen functional groups attached to an aromatic ring is 1. The van der Waals surface area contributed by atoms with Gasteiger partial charge in [-0.25, -0.2) is 13.6 Å². The van der Waals surface area contributed by atoms with Crippen LogP contribution in [0.25, 0.3) is 11.1 Å². The lowest BCUT2D eigenvalue weighted by atomic mass is 9.93. The summed E-state index contributed by atoms with van der Waals surface area (Å²) in [5.41, 5.74) is 7.88. The number of hydrogen-bond acceptors (Lipinski definition) is 4. The van der Waals surface area contributed by atoms with E-state index in [0.717, 1.165) is 18.2 Å². The van der Waals surface area contributed by atoms with E-state index in [0.29, 0.717) is 42.0 Å². The molecule has 0 radical (unpaired) electrons. The van der Waals surface area contributed by atoms with E-state index in [1.54, 1.807) is 19.1 Å². The van der Waals surface area contributed by atoms with Gasteiger partial charge in [0.05, 0.1) is 23.4 Å². The van der Waals surface area contributed by atoms with Crippen LogP contribution in [-0.2, 0) is 17.5 Å². The number of para-hydroxylation sites is 1. The van der Waals surface area contributed by atoms with Gasteiger partial charge in [-0.3, -0.25) is 0 Å². The molecule has 0 fully saturated rings. The fourth-order valence-corrected chi connectivity index (χ4v) is 4.42. The van der Waals surface area contributed by atoms with Gasteiger partial charge in [0, 0.05) is 22.8 Å². The Bertz CT molecular complexity index is 1360. The van der Waals surface area contributed by atoms with Gasteiger partial charge in [0.2, 0.25) is 0 Å². The van der Waals surface area contributed by atoms with Crippen molar-refractivity contribution in [3.63, 3.8) is 0 Å². The largest absolute Gasteiger partial charge is 0.488 e. The van der Waals surface area contributed by atoms with Crippen LogP contribution in [0.1, 0.15) is 58.8 Å². The first-order valence-corrected chi connectivity index (χ1v) is 11.7. The van der Waals surface area contributed by atoms with Gasteiger partial charge in [-0.05, 0) is 73.7 Å². The highest BCUT2D eigenvalue weighted by atomic mass is 19.4. The molecule has 37 heavy (non-hydrogen) atoms. The Morgan fingerprint density at radius 3 is 2.38 bits per heavy atom. The van der Waals surface area contributed by atoms with E-state index in [1.165, 1.54) is 18.2 Å². The quantitative estimate of drug-likeness (QED) is 0.201. The maximum Gasteiger partial charge on any atom is 0.416 e. The lowest BCUT2D eigenvalue weighted by Crippen LogP contribution is -2.10. The van der Waals surface area contributed by atoms with Crippen LogP contribution in [0.15, 0.2) is 54.6 Å². The third-order valence-corrected chi connectivity index (χ3v) is 6.17. The fourth-order valence-electron chi connectivity index (χ4n) is 4.42. The van der Waals surface area contributed by atoms with Crippen LogP contribution in [0.5, 0.6) is 5.75 Å². The topological polar surface area (TPSA) is 61.5 Å². The fraction of sp³-hybridized carbons (Fsp3) is 0.250. The van der Waals surface area contributed by atoms with Crippen molar-refractivity contribution in [3.05, 3.63) is 94.0 Å². The average molecular weight is 517 g/mol. The van der Waals surface area contributed by atoms with E-state index in [9.17, 15) is 26.7 Å². The maximum absolute atomic E-state index is 14.1. The molecule has 1 aliphatic carbocycles. The Morgan fingerprint density at radius 1 is 0.973 bits per heavy atom. The zero-order valence-electron chi connectivity index (χ0n) is 19.9. The number of hydrogen-bond donors (Lipinski definition) is 1. The molecule has 0 aliphatic heterocycles. The van der Waals surface area contributed by atoms with Crippen LogP contribution >= 0.6 is 0 Å². The second-order valence-electron chi connectivity index (χ2n) is 8.53. The molecular formula is C28H24F5NO3. The number of ether oxygens (including phenoxy) is 2. The Kier molecular flexibility index (Phi) is 7.52. The van der Waals surface area contributed by atoms with Crippen LogP contribution in [0.3, 0.4) is 0 Å². The summed E-state index contributed by atoms with van der Waals surface area (Å²) < 4.78 is 79.1. The summed E-state index contributed by atoms with van der Waals surface area (Å²) in [7, 11) is 0. The SMILES string of the molecule is CCOC(=O)c1cccc(C2=C(c3cc(C(F)(F)F)ccc3OCc3ccc(F)cc3F)CCC2)c1N. The minimum Gasteiger partial charge on any atom is -0.488 e. The highest BCUT2D eigenvalue weighted by Gasteiger charge is 2.33. The van der Waals surface area contributed by atoms with Crippen molar-refractivity contribution in [1.82, 2.24) is 0 Å². The molecule has 0 bridgehead atoms. The summed E-state index contributed by atoms with van der Waals surface area (Å²) in [6.45, 7) is 1.52. The van der Waals surface area contributed by atoms with E-state index >= 15 is 0 Å². The normalized spacial score (nSPS) is 13.7. The van der Waals surface area contributed by atoms with Crippen molar-refractivity contribution >= 4 is 22.8 Å². The lowest BCUT2D eigenvalue weighted by Gasteiger charge is -2.18. The molecule has 0 saturated carbocycles. The van der Waals surface area contributed by atoms with Gasteiger partial charge in [0.1, 0.15) is 24.0 Å². The second kappa shape index (κ2) is 10.6. The number of allylic oxidation sites excluding steroid dienone is 2. The number of nitrogens with two attached hydrogens (primary N) is 1. The van der Waals surface area contributed by atoms with Crippen LogP contribution < -0.4 is 10.5 Å². The minimum absolute atomic E-state index is 0.0549. The minimum atomic E-state index is -4.60. The summed E-state index contributed by atoms with van der Waals surface area (Å²) in [5.74, 6) is -2.05. The predicted octanol–water partition coefficient (Wildman–Crippen LogP) is 7.42. The number of anilines is 1. The number of carbonyl (C=O) groups is 1. The first-order chi connectivity index (χ1) is 17.6. The van der Waals surface area contributed by atoms with Crippen LogP contribution in [0, 0.1) is 11.6 Å². The van der Waals surface area contributed by atoms with E-state index < -0.39 is 29.3 Å². The number of alkyl halides is 3. The van der Waals surface area contributed by atoms with Gasteiger partial charge in [-0.15, -0.1) is 0 Å². The lowest BCUT2D eigenvalue weighted by molar-refractivity contribution is -0.137. The molecular weight excluding hydrogens is 493 g/mol. The number of benzene rings is 3. The Labute approximate surface area is 210 Å². The zero-order valence-corrected chi connectivity index (χ0v) is 19.9. The Balaban J connectivity index is 1.80. The van der Waals surface area contributed by atoms with Gasteiger partial charge >= 0.3 is 12.1 Å². The predicted molar refractivity (Wildman–Crippen MR) is 130 cm³/mol. The molecule has 4 nitrogen and oxygen atoms in total. The summed E-state index contributed by atoms with van der Waals surface area (Å²) in [5, 5.41) is 0. The number of halogens is 5. The maximum atomic E-state index is 14.1. The molecule has 0 atom stereocenters. The molecule has 0 unspecified atom stereocenters. The smallest absolute Gasteiger partial charge is 0.416 e. The first-order valence-electron chi connectivity index (χ1n) is 11.7. The van der Waals surface area contributed by atoms with Crippen LogP contribution in [-0.4, -0.2) is 12.6 Å². The number of rotatable bonds is 7. The summed E-state index contributed by atoms with van der Waals surface area (Å²) in [6.07, 6.45) is -2.98. The van der Waals surface area contributed by atoms with Crippen LogP contribution in [0.2, 0.25) is 0 Å². The molecule has 3 aromatic carbocycles. The van der Waals surface area contributed by atoms with Crippen molar-refractivity contribution in [1.29, 1.82) is 0 Å². The molecule has 0 saturated heterocycles. The highest BCUT2D eigenvalue weighted by molar-refractivity contribution is 6.02. The monoisotopic (exact) mass is 517 g/mol. The third kappa shape index (κ3) is 5.60. The second-order valence-corrected chi connectivity index (χ2v) is 8.53. The van der Waals surface area contributed by atoms with Gasteiger partial charge in [-0.1, -0.05) is 12.1 Å². The molecule has 9 heteroatoms. The summed E-state index contributed by atoms with van der Waals surface area (Å²) >= 11 is 0. The molecule has 194 valence electrons. The van der Waals surface area contributed by atoms with Crippen molar-refractivity contribution in [3.8, 4) is 5.75 Å². The van der Waals surface area contributed by atoms with E-state index in [-0.39, 0.29) is 41.3 Å². The first kappa shape index (κ1) is 26.2. The molecule has 0 spiro atoms. The standard InChI is InChI=1S/C28H24F5NO3/c1-2-36-27(35)22-8-4-7-21(26(22)34)19-5-3-6-20(19)23-13-17(28(31,32)33)10-12-25(23)37-15-16-9-11-18(29)14-24(16)30/h4,7-14H,2-3,5-6,15,34H2,1H3.